The van der Waals surface area contributed by atoms with Crippen LogP contribution in [0.15, 0.2) is 139 Å². The van der Waals surface area contributed by atoms with E-state index in [4.69, 9.17) is 9.98 Å². The maximum atomic E-state index is 11.0. The van der Waals surface area contributed by atoms with Gasteiger partial charge in [-0.3, -0.25) is 0 Å². The molecule has 33 heavy (non-hydrogen) atoms. The number of hydrogen-bond donors (Lipinski definition) is 0. The Kier molecular flexibility index (Phi) is 4.42. The highest BCUT2D eigenvalue weighted by Crippen LogP contribution is 2.33. The van der Waals surface area contributed by atoms with E-state index in [2.05, 4.69) is 15.0 Å². The van der Waals surface area contributed by atoms with Gasteiger partial charge in [-0.15, -0.1) is 0 Å². The largest absolute Gasteiger partial charge is 0.249 e. The summed E-state index contributed by atoms with van der Waals surface area (Å²) in [5.41, 5.74) is 8.60. The third-order valence-corrected chi connectivity index (χ3v) is 5.40. The van der Waals surface area contributed by atoms with E-state index < -0.39 is 0 Å². The third kappa shape index (κ3) is 3.71. The van der Waals surface area contributed by atoms with E-state index in [1.165, 1.54) is 0 Å². The number of fused-ring (bicyclic) bond motifs is 4. The molecule has 154 valence electrons. The van der Waals surface area contributed by atoms with Crippen LogP contribution in [0.3, 0.4) is 0 Å². The Morgan fingerprint density at radius 3 is 1.82 bits per heavy atom. The van der Waals surface area contributed by atoms with Gasteiger partial charge in [-0.2, -0.15) is 4.99 Å². The predicted molar refractivity (Wildman–Crippen MR) is 132 cm³/mol. The minimum atomic E-state index is 0.539. The van der Waals surface area contributed by atoms with E-state index in [1.54, 1.807) is 12.1 Å². The Hall–Kier alpha value is -4.80. The molecule has 5 aliphatic heterocycles. The fourth-order valence-electron chi connectivity index (χ4n) is 3.96. The predicted octanol–water partition coefficient (Wildman–Crippen LogP) is 5.07. The number of carbonyl (C=O) groups excluding carboxylic acids is 1. The van der Waals surface area contributed by atoms with Crippen molar-refractivity contribution >= 4 is 40.2 Å². The van der Waals surface area contributed by atoms with Gasteiger partial charge in [0.05, 0.1) is 51.3 Å². The Balaban J connectivity index is 1.52. The zero-order chi connectivity index (χ0) is 22.2. The van der Waals surface area contributed by atoms with Crippen molar-refractivity contribution in [1.29, 1.82) is 0 Å². The molecule has 6 rings (SSSR count). The molecule has 0 radical (unpaired) electrons. The van der Waals surface area contributed by atoms with Gasteiger partial charge < -0.3 is 0 Å². The molecule has 1 aromatic rings. The molecule has 0 saturated heterocycles. The molecule has 6 heteroatoms. The molecule has 0 aromatic heterocycles. The smallest absolute Gasteiger partial charge is 0.240 e. The van der Waals surface area contributed by atoms with E-state index in [1.807, 2.05) is 85.0 Å². The first-order valence-electron chi connectivity index (χ1n) is 10.4. The topological polar surface area (TPSA) is 78.9 Å². The van der Waals surface area contributed by atoms with E-state index in [9.17, 15) is 4.79 Å². The number of nitrogens with zero attached hydrogens (tertiary/aromatic N) is 5. The molecule has 5 heterocycles. The van der Waals surface area contributed by atoms with Gasteiger partial charge in [-0.1, -0.05) is 18.2 Å². The zero-order valence-corrected chi connectivity index (χ0v) is 17.3. The van der Waals surface area contributed by atoms with Crippen molar-refractivity contribution < 1.29 is 4.79 Å². The summed E-state index contributed by atoms with van der Waals surface area (Å²) < 4.78 is 0. The summed E-state index contributed by atoms with van der Waals surface area (Å²) in [6, 6.07) is 7.44. The van der Waals surface area contributed by atoms with Crippen molar-refractivity contribution in [2.75, 3.05) is 0 Å². The summed E-state index contributed by atoms with van der Waals surface area (Å²) in [6.07, 6.45) is 23.1. The van der Waals surface area contributed by atoms with Crippen LogP contribution in [0.4, 0.5) is 5.69 Å². The highest BCUT2D eigenvalue weighted by atomic mass is 16.1. The average molecular weight is 425 g/mol. The molecular weight excluding hydrogens is 410 g/mol. The first-order chi connectivity index (χ1) is 16.2. The van der Waals surface area contributed by atoms with Crippen LogP contribution in [0.1, 0.15) is 5.56 Å². The summed E-state index contributed by atoms with van der Waals surface area (Å²) in [5, 5.41) is 0. The second kappa shape index (κ2) is 7.71. The molecule has 1 aromatic carbocycles. The van der Waals surface area contributed by atoms with Crippen molar-refractivity contribution in [2.45, 2.75) is 0 Å². The molecule has 0 N–H and O–H groups in total. The lowest BCUT2D eigenvalue weighted by atomic mass is 9.99. The Bertz CT molecular complexity index is 1540. The molecule has 5 aliphatic rings. The molecule has 0 saturated carbocycles. The van der Waals surface area contributed by atoms with E-state index in [0.717, 1.165) is 56.8 Å². The Labute approximate surface area is 189 Å². The number of isocyanates is 1. The zero-order valence-electron chi connectivity index (χ0n) is 17.3. The standard InChI is InChI=1S/C27H15N5O/c33-16-28-26-4-2-1-3-24(26)25-14-23-13-21-8-7-19(30-21)11-17-5-6-18(29-17)12-20-9-10-22(31-20)15-27(25)32-23/h1-15H. The summed E-state index contributed by atoms with van der Waals surface area (Å²) in [6.45, 7) is 0. The minimum Gasteiger partial charge on any atom is -0.249 e. The number of aliphatic imine (C=N–C) groups is 5. The van der Waals surface area contributed by atoms with Crippen molar-refractivity contribution in [3.63, 3.8) is 0 Å². The monoisotopic (exact) mass is 425 g/mol. The molecule has 0 unspecified atom stereocenters. The van der Waals surface area contributed by atoms with Crippen molar-refractivity contribution in [2.24, 2.45) is 25.0 Å². The van der Waals surface area contributed by atoms with Crippen LogP contribution in [0.5, 0.6) is 0 Å². The maximum absolute atomic E-state index is 11.0. The fraction of sp³-hybridized carbons (Fsp3) is 0. The van der Waals surface area contributed by atoms with Gasteiger partial charge in [0.25, 0.3) is 0 Å². The van der Waals surface area contributed by atoms with Crippen LogP contribution >= 0.6 is 0 Å². The van der Waals surface area contributed by atoms with Crippen LogP contribution in [-0.2, 0) is 4.79 Å². The molecule has 0 aliphatic carbocycles. The number of allylic oxidation sites excluding steroid dienone is 12. The molecule has 0 fully saturated rings. The van der Waals surface area contributed by atoms with Crippen molar-refractivity contribution in [1.82, 2.24) is 0 Å². The lowest BCUT2D eigenvalue weighted by molar-refractivity contribution is 0.565. The van der Waals surface area contributed by atoms with Crippen LogP contribution in [-0.4, -0.2) is 28.9 Å². The van der Waals surface area contributed by atoms with Crippen LogP contribution in [0, 0.1) is 0 Å². The first kappa shape index (κ1) is 18.9. The Morgan fingerprint density at radius 2 is 1.18 bits per heavy atom. The van der Waals surface area contributed by atoms with Gasteiger partial charge in [0.1, 0.15) is 0 Å². The van der Waals surface area contributed by atoms with Crippen LogP contribution in [0.25, 0.3) is 5.57 Å². The lowest BCUT2D eigenvalue weighted by Crippen LogP contribution is -1.96. The van der Waals surface area contributed by atoms with Gasteiger partial charge in [-0.25, -0.2) is 24.8 Å². The molecule has 0 spiro atoms. The second-order valence-electron chi connectivity index (χ2n) is 7.66. The molecule has 8 bridgehead atoms. The third-order valence-electron chi connectivity index (χ3n) is 5.40. The summed E-state index contributed by atoms with van der Waals surface area (Å²) in [5.74, 6) is 0. The number of benzene rings is 1. The number of rotatable bonds is 2. The maximum Gasteiger partial charge on any atom is 0.240 e. The van der Waals surface area contributed by atoms with Gasteiger partial charge >= 0.3 is 0 Å². The first-order valence-corrected chi connectivity index (χ1v) is 10.4. The summed E-state index contributed by atoms with van der Waals surface area (Å²) >= 11 is 0. The van der Waals surface area contributed by atoms with Crippen molar-refractivity contribution in [3.05, 3.63) is 119 Å². The molecule has 6 nitrogen and oxygen atoms in total. The number of hydrogen-bond acceptors (Lipinski definition) is 6. The second-order valence-corrected chi connectivity index (χ2v) is 7.66. The normalized spacial score (nSPS) is 19.6. The lowest BCUT2D eigenvalue weighted by Gasteiger charge is -2.06. The van der Waals surface area contributed by atoms with Gasteiger partial charge in [0, 0.05) is 11.1 Å². The minimum absolute atomic E-state index is 0.539. The van der Waals surface area contributed by atoms with Gasteiger partial charge in [0.15, 0.2) is 0 Å². The molecule has 0 amide bonds. The molecular formula is C27H15N5O. The van der Waals surface area contributed by atoms with Crippen molar-refractivity contribution in [3.8, 4) is 0 Å². The van der Waals surface area contributed by atoms with E-state index >= 15 is 0 Å². The number of para-hydroxylation sites is 1. The van der Waals surface area contributed by atoms with E-state index in [-0.39, 0.29) is 0 Å². The fourth-order valence-corrected chi connectivity index (χ4v) is 3.96. The average Bonchev–Trinajstić information content (AvgIpc) is 3.60. The van der Waals surface area contributed by atoms with Crippen LogP contribution in [0.2, 0.25) is 0 Å². The molecule has 0 atom stereocenters. The quantitative estimate of drug-likeness (QED) is 0.481. The van der Waals surface area contributed by atoms with Crippen LogP contribution < -0.4 is 0 Å². The SMILES string of the molecule is O=C=Nc1ccccc1C1=CC2=CC3=NC(=CC4=NC(=CC5=NC(=CC1=N2)C=C5)C=C4)C=C3. The van der Waals surface area contributed by atoms with Gasteiger partial charge in [-0.05, 0) is 72.9 Å². The highest BCUT2D eigenvalue weighted by Gasteiger charge is 2.20. The Morgan fingerprint density at radius 1 is 0.606 bits per heavy atom. The van der Waals surface area contributed by atoms with E-state index in [0.29, 0.717) is 5.69 Å². The summed E-state index contributed by atoms with van der Waals surface area (Å²) in [7, 11) is 0. The highest BCUT2D eigenvalue weighted by molar-refractivity contribution is 6.33. The summed E-state index contributed by atoms with van der Waals surface area (Å²) in [4.78, 5) is 33.7. The van der Waals surface area contributed by atoms with Gasteiger partial charge in [0.2, 0.25) is 6.08 Å².